The Hall–Kier alpha value is -3.15. The number of nitrogens with zero attached hydrogens (tertiary/aromatic N) is 5. The smallest absolute Gasteiger partial charge is 0.275 e. The van der Waals surface area contributed by atoms with Crippen LogP contribution in [0.15, 0.2) is 29.9 Å². The number of hydrogen-bond acceptors (Lipinski definition) is 9. The minimum Gasteiger partial charge on any atom is -0.475 e. The first-order valence-corrected chi connectivity index (χ1v) is 13.7. The van der Waals surface area contributed by atoms with Gasteiger partial charge in [-0.1, -0.05) is 0 Å². The number of amides is 1. The summed E-state index contributed by atoms with van der Waals surface area (Å²) in [6, 6.07) is 3.63. The lowest BCUT2D eigenvalue weighted by atomic mass is 9.94. The van der Waals surface area contributed by atoms with Crippen molar-refractivity contribution in [2.75, 3.05) is 45.3 Å². The molecule has 1 amide bonds. The van der Waals surface area contributed by atoms with Crippen LogP contribution >= 0.6 is 11.3 Å². The molecule has 3 aromatic rings. The van der Waals surface area contributed by atoms with Crippen LogP contribution in [0.3, 0.4) is 0 Å². The Morgan fingerprint density at radius 1 is 1.19 bits per heavy atom. The molecule has 11 heteroatoms. The third-order valence-electron chi connectivity index (χ3n) is 6.77. The Bertz CT molecular complexity index is 1230. The summed E-state index contributed by atoms with van der Waals surface area (Å²) in [6.45, 7) is 4.11. The molecule has 37 heavy (non-hydrogen) atoms. The summed E-state index contributed by atoms with van der Waals surface area (Å²) in [5, 5.41) is 9.86. The summed E-state index contributed by atoms with van der Waals surface area (Å²) in [7, 11) is 2.16. The Balaban J connectivity index is 1.36. The number of fused-ring (bicyclic) bond motifs is 6. The van der Waals surface area contributed by atoms with Crippen molar-refractivity contribution in [3.63, 3.8) is 0 Å². The van der Waals surface area contributed by atoms with E-state index in [-0.39, 0.29) is 29.5 Å². The summed E-state index contributed by atoms with van der Waals surface area (Å²) >= 11 is 1.36. The van der Waals surface area contributed by atoms with Gasteiger partial charge in [0.05, 0.1) is 12.3 Å². The number of rotatable bonds is 3. The van der Waals surface area contributed by atoms with Gasteiger partial charge < -0.3 is 19.7 Å². The van der Waals surface area contributed by atoms with Crippen molar-refractivity contribution in [3.8, 4) is 16.5 Å². The summed E-state index contributed by atoms with van der Waals surface area (Å²) in [6.07, 6.45) is 7.60. The molecule has 0 atom stereocenters. The van der Waals surface area contributed by atoms with Crippen LogP contribution in [0.4, 0.5) is 5.69 Å². The van der Waals surface area contributed by atoms with E-state index in [4.69, 9.17) is 9.47 Å². The quantitative estimate of drug-likeness (QED) is 0.551. The van der Waals surface area contributed by atoms with Gasteiger partial charge in [0.2, 0.25) is 5.88 Å². The van der Waals surface area contributed by atoms with Gasteiger partial charge in [-0.25, -0.2) is 9.97 Å². The molecule has 5 heterocycles. The van der Waals surface area contributed by atoms with Gasteiger partial charge in [0, 0.05) is 49.0 Å². The molecule has 0 spiro atoms. The average molecular weight is 525 g/mol. The Labute approximate surface area is 220 Å². The van der Waals surface area contributed by atoms with E-state index < -0.39 is 0 Å². The van der Waals surface area contributed by atoms with E-state index in [1.54, 1.807) is 28.5 Å². The summed E-state index contributed by atoms with van der Waals surface area (Å²) in [5.41, 5.74) is 1.81. The SMILES string of the molecule is CN1CCC(CCn2cc3c(n2)C(=O)CCCOCCOc2cc(ccn2)-c2nc(cs2)C(=O)N3)CC1. The summed E-state index contributed by atoms with van der Waals surface area (Å²) < 4.78 is 13.1. The molecular formula is C26H32N6O4S. The first-order chi connectivity index (χ1) is 18.0. The van der Waals surface area contributed by atoms with Gasteiger partial charge >= 0.3 is 0 Å². The first kappa shape index (κ1) is 25.5. The minimum absolute atomic E-state index is 0.118. The van der Waals surface area contributed by atoms with Crippen LogP contribution in [0.25, 0.3) is 10.6 Å². The molecule has 0 aliphatic carbocycles. The van der Waals surface area contributed by atoms with Crippen molar-refractivity contribution in [2.45, 2.75) is 38.6 Å². The number of Topliss-reactive ketones (excluding diaryl/α,β-unsaturated/α-hetero) is 1. The Morgan fingerprint density at radius 2 is 2.05 bits per heavy atom. The lowest BCUT2D eigenvalue weighted by molar-refractivity contribution is 0.0861. The molecule has 3 aromatic heterocycles. The molecule has 0 aromatic carbocycles. The number of nitrogens with one attached hydrogen (secondary N) is 1. The van der Waals surface area contributed by atoms with Gasteiger partial charge in [-0.05, 0) is 57.8 Å². The second-order valence-electron chi connectivity index (χ2n) is 9.55. The minimum atomic E-state index is -0.374. The number of ether oxygens (including phenoxy) is 2. The highest BCUT2D eigenvalue weighted by Gasteiger charge is 2.22. The number of piperidine rings is 1. The molecule has 0 unspecified atom stereocenters. The topological polar surface area (TPSA) is 111 Å². The fourth-order valence-electron chi connectivity index (χ4n) is 4.58. The van der Waals surface area contributed by atoms with E-state index in [1.807, 2.05) is 6.07 Å². The first-order valence-electron chi connectivity index (χ1n) is 12.8. The zero-order valence-corrected chi connectivity index (χ0v) is 21.8. The van der Waals surface area contributed by atoms with Crippen LogP contribution in [0.5, 0.6) is 5.88 Å². The standard InChI is InChI=1S/C26H32N6O4S/c1-31-9-5-18(6-10-31)7-11-32-16-20-24(30-32)22(33)3-2-12-35-13-14-36-23-15-19(4-8-27-23)26-29-21(17-37-26)25(34)28-20/h4,8,15-18H,2-3,5-7,9-14H2,1H3,(H,28,34). The number of aromatic nitrogens is 4. The molecule has 2 aliphatic rings. The van der Waals surface area contributed by atoms with Crippen LogP contribution in [-0.4, -0.2) is 76.3 Å². The van der Waals surface area contributed by atoms with Crippen LogP contribution in [0.1, 0.15) is 53.1 Å². The number of likely N-dealkylation sites (tertiary alicyclic amines) is 1. The van der Waals surface area contributed by atoms with E-state index in [0.29, 0.717) is 55.3 Å². The lowest BCUT2D eigenvalue weighted by Gasteiger charge is -2.28. The van der Waals surface area contributed by atoms with Crippen LogP contribution in [0, 0.1) is 5.92 Å². The Morgan fingerprint density at radius 3 is 2.92 bits per heavy atom. The summed E-state index contributed by atoms with van der Waals surface area (Å²) in [5.74, 6) is 0.619. The average Bonchev–Trinajstić information content (AvgIpc) is 3.55. The van der Waals surface area contributed by atoms with Gasteiger partial charge in [-0.3, -0.25) is 14.3 Å². The summed E-state index contributed by atoms with van der Waals surface area (Å²) in [4.78, 5) is 37.3. The van der Waals surface area contributed by atoms with Gasteiger partial charge in [0.25, 0.3) is 5.91 Å². The monoisotopic (exact) mass is 524 g/mol. The molecule has 1 saturated heterocycles. The number of ketones is 1. The number of hydrogen-bond donors (Lipinski definition) is 1. The van der Waals surface area contributed by atoms with E-state index in [1.165, 1.54) is 24.2 Å². The van der Waals surface area contributed by atoms with Crippen LogP contribution in [0.2, 0.25) is 0 Å². The second-order valence-corrected chi connectivity index (χ2v) is 10.4. The fourth-order valence-corrected chi connectivity index (χ4v) is 5.37. The normalized spacial score (nSPS) is 18.4. The highest BCUT2D eigenvalue weighted by atomic mass is 32.1. The third-order valence-corrected chi connectivity index (χ3v) is 7.66. The van der Waals surface area contributed by atoms with Crippen LogP contribution < -0.4 is 10.1 Å². The molecule has 2 aliphatic heterocycles. The highest BCUT2D eigenvalue weighted by molar-refractivity contribution is 7.13. The fraction of sp³-hybridized carbons (Fsp3) is 0.500. The molecule has 0 radical (unpaired) electrons. The molecule has 1 N–H and O–H groups in total. The third kappa shape index (κ3) is 6.60. The molecule has 1 fully saturated rings. The molecular weight excluding hydrogens is 492 g/mol. The predicted molar refractivity (Wildman–Crippen MR) is 140 cm³/mol. The number of carbonyl (C=O) groups is 2. The van der Waals surface area contributed by atoms with E-state index in [9.17, 15) is 9.59 Å². The maximum atomic E-state index is 13.1. The molecule has 4 bridgehead atoms. The highest BCUT2D eigenvalue weighted by Crippen LogP contribution is 2.27. The number of thiazole rings is 1. The van der Waals surface area contributed by atoms with Crippen LogP contribution in [-0.2, 0) is 11.3 Å². The maximum Gasteiger partial charge on any atom is 0.275 e. The number of carbonyl (C=O) groups excluding carboxylic acids is 2. The van der Waals surface area contributed by atoms with Gasteiger partial charge in [0.1, 0.15) is 17.3 Å². The second kappa shape index (κ2) is 11.9. The lowest BCUT2D eigenvalue weighted by Crippen LogP contribution is -2.30. The molecule has 5 rings (SSSR count). The number of anilines is 1. The van der Waals surface area contributed by atoms with Crippen molar-refractivity contribution in [3.05, 3.63) is 41.3 Å². The van der Waals surface area contributed by atoms with E-state index >= 15 is 0 Å². The largest absolute Gasteiger partial charge is 0.475 e. The predicted octanol–water partition coefficient (Wildman–Crippen LogP) is 3.76. The number of pyridine rings is 1. The van der Waals surface area contributed by atoms with Crippen molar-refractivity contribution in [1.29, 1.82) is 0 Å². The maximum absolute atomic E-state index is 13.1. The Kier molecular flexibility index (Phi) is 8.22. The number of aryl methyl sites for hydroxylation is 1. The van der Waals surface area contributed by atoms with Crippen molar-refractivity contribution in [1.82, 2.24) is 24.6 Å². The van der Waals surface area contributed by atoms with Gasteiger partial charge in [-0.2, -0.15) is 5.10 Å². The van der Waals surface area contributed by atoms with E-state index in [2.05, 4.69) is 32.3 Å². The van der Waals surface area contributed by atoms with Gasteiger partial charge in [0.15, 0.2) is 11.5 Å². The van der Waals surface area contributed by atoms with Crippen molar-refractivity contribution >= 4 is 28.7 Å². The zero-order chi connectivity index (χ0) is 25.6. The molecule has 196 valence electrons. The van der Waals surface area contributed by atoms with Crippen molar-refractivity contribution < 1.29 is 19.1 Å². The molecule has 0 saturated carbocycles. The van der Waals surface area contributed by atoms with Gasteiger partial charge in [-0.15, -0.1) is 11.3 Å². The molecule has 10 nitrogen and oxygen atoms in total. The zero-order valence-electron chi connectivity index (χ0n) is 21.0. The van der Waals surface area contributed by atoms with Crippen molar-refractivity contribution in [2.24, 2.45) is 5.92 Å². The van der Waals surface area contributed by atoms with E-state index in [0.717, 1.165) is 25.1 Å².